The molecule has 2 heterocycles. The largest absolute Gasteiger partial charge is 0.496 e. The summed E-state index contributed by atoms with van der Waals surface area (Å²) in [5, 5.41) is 4.24. The van der Waals surface area contributed by atoms with Crippen LogP contribution >= 0.6 is 0 Å². The van der Waals surface area contributed by atoms with Crippen LogP contribution in [0.2, 0.25) is 0 Å². The maximum atomic E-state index is 13.8. The number of rotatable bonds is 3. The van der Waals surface area contributed by atoms with E-state index in [1.807, 2.05) is 70.3 Å². The molecule has 8 heteroatoms. The van der Waals surface area contributed by atoms with Gasteiger partial charge >= 0.3 is 6.09 Å². The maximum Gasteiger partial charge on any atom is 0.410 e. The quantitative estimate of drug-likeness (QED) is 0.566. The van der Waals surface area contributed by atoms with E-state index in [1.165, 1.54) is 0 Å². The molecule has 0 spiro atoms. The summed E-state index contributed by atoms with van der Waals surface area (Å²) in [7, 11) is 1.54. The predicted molar refractivity (Wildman–Crippen MR) is 129 cm³/mol. The van der Waals surface area contributed by atoms with Crippen LogP contribution in [0, 0.1) is 0 Å². The van der Waals surface area contributed by atoms with Crippen LogP contribution in [-0.2, 0) is 11.3 Å². The Hall–Kier alpha value is -3.81. The molecule has 1 aliphatic heterocycles. The van der Waals surface area contributed by atoms with Crippen LogP contribution in [0.25, 0.3) is 5.69 Å². The number of carbonyl (C=O) groups excluding carboxylic acids is 2. The van der Waals surface area contributed by atoms with Crippen LogP contribution in [-0.4, -0.2) is 52.0 Å². The summed E-state index contributed by atoms with van der Waals surface area (Å²) < 4.78 is 12.9. The van der Waals surface area contributed by atoms with Gasteiger partial charge in [-0.2, -0.15) is 5.10 Å². The lowest BCUT2D eigenvalue weighted by Crippen LogP contribution is -2.46. The highest BCUT2D eigenvalue weighted by Crippen LogP contribution is 2.32. The second-order valence-electron chi connectivity index (χ2n) is 9.34. The SMILES string of the molecule is COc1cc(-n2cccn2)ccc1C(=O)N1C[C@@H](C)N(C(=O)OC(C)(C)C)Cc2ccccc21. The van der Waals surface area contributed by atoms with Gasteiger partial charge in [0.2, 0.25) is 0 Å². The Labute approximate surface area is 199 Å². The Morgan fingerprint density at radius 3 is 2.53 bits per heavy atom. The first-order chi connectivity index (χ1) is 16.2. The van der Waals surface area contributed by atoms with Crippen molar-refractivity contribution in [3.8, 4) is 11.4 Å². The lowest BCUT2D eigenvalue weighted by atomic mass is 10.1. The first kappa shape index (κ1) is 23.4. The van der Waals surface area contributed by atoms with Gasteiger partial charge in [0, 0.05) is 30.7 Å². The number of anilines is 1. The molecule has 0 radical (unpaired) electrons. The van der Waals surface area contributed by atoms with Crippen LogP contribution in [0.1, 0.15) is 43.6 Å². The van der Waals surface area contributed by atoms with Crippen LogP contribution in [0.15, 0.2) is 60.9 Å². The maximum absolute atomic E-state index is 13.8. The fourth-order valence-electron chi connectivity index (χ4n) is 4.03. The van der Waals surface area contributed by atoms with Crippen LogP contribution < -0.4 is 9.64 Å². The molecule has 0 saturated carbocycles. The van der Waals surface area contributed by atoms with Gasteiger partial charge in [-0.15, -0.1) is 0 Å². The van der Waals surface area contributed by atoms with Crippen LogP contribution in [0.4, 0.5) is 10.5 Å². The third-order valence-corrected chi connectivity index (χ3v) is 5.66. The average molecular weight is 463 g/mol. The molecule has 1 aromatic heterocycles. The van der Waals surface area contributed by atoms with Crippen molar-refractivity contribution in [3.63, 3.8) is 0 Å². The first-order valence-electron chi connectivity index (χ1n) is 11.3. The molecule has 0 saturated heterocycles. The van der Waals surface area contributed by atoms with Crippen LogP contribution in [0.3, 0.4) is 0 Å². The zero-order chi connectivity index (χ0) is 24.5. The Morgan fingerprint density at radius 1 is 1.09 bits per heavy atom. The minimum Gasteiger partial charge on any atom is -0.496 e. The van der Waals surface area contributed by atoms with Crippen molar-refractivity contribution in [2.75, 3.05) is 18.6 Å². The molecule has 178 valence electrons. The van der Waals surface area contributed by atoms with E-state index in [2.05, 4.69) is 5.10 Å². The van der Waals surface area contributed by atoms with Gasteiger partial charge < -0.3 is 14.4 Å². The summed E-state index contributed by atoms with van der Waals surface area (Å²) in [5.74, 6) is 0.255. The molecule has 0 N–H and O–H groups in total. The molecule has 4 rings (SSSR count). The summed E-state index contributed by atoms with van der Waals surface area (Å²) in [6, 6.07) is 14.6. The summed E-state index contributed by atoms with van der Waals surface area (Å²) in [6.45, 7) is 8.13. The first-order valence-corrected chi connectivity index (χ1v) is 11.3. The van der Waals surface area contributed by atoms with Crippen molar-refractivity contribution < 1.29 is 19.1 Å². The number of hydrogen-bond donors (Lipinski definition) is 0. The van der Waals surface area contributed by atoms with Crippen molar-refractivity contribution in [3.05, 3.63) is 72.1 Å². The highest BCUT2D eigenvalue weighted by Gasteiger charge is 2.34. The Kier molecular flexibility index (Phi) is 6.32. The Bertz CT molecular complexity index is 1180. The lowest BCUT2D eigenvalue weighted by molar-refractivity contribution is 0.0167. The van der Waals surface area contributed by atoms with Gasteiger partial charge in [0.1, 0.15) is 11.4 Å². The number of aromatic nitrogens is 2. The van der Waals surface area contributed by atoms with E-state index in [0.29, 0.717) is 24.4 Å². The zero-order valence-electron chi connectivity index (χ0n) is 20.2. The molecule has 1 atom stereocenters. The number of hydrogen-bond acceptors (Lipinski definition) is 5. The summed E-state index contributed by atoms with van der Waals surface area (Å²) in [5.41, 5.74) is 2.26. The van der Waals surface area contributed by atoms with Gasteiger partial charge in [-0.3, -0.25) is 9.69 Å². The van der Waals surface area contributed by atoms with E-state index in [4.69, 9.17) is 9.47 Å². The van der Waals surface area contributed by atoms with E-state index >= 15 is 0 Å². The van der Waals surface area contributed by atoms with Crippen LogP contribution in [0.5, 0.6) is 5.75 Å². The van der Waals surface area contributed by atoms with E-state index in [9.17, 15) is 9.59 Å². The highest BCUT2D eigenvalue weighted by atomic mass is 16.6. The second kappa shape index (κ2) is 9.21. The van der Waals surface area contributed by atoms with Gasteiger partial charge in [0.05, 0.1) is 30.9 Å². The molecule has 0 aliphatic carbocycles. The molecular formula is C26H30N4O4. The number of para-hydroxylation sites is 1. The summed E-state index contributed by atoms with van der Waals surface area (Å²) in [4.78, 5) is 30.2. The van der Waals surface area contributed by atoms with Crippen molar-refractivity contribution in [1.29, 1.82) is 0 Å². The summed E-state index contributed by atoms with van der Waals surface area (Å²) >= 11 is 0. The number of amides is 2. The number of nitrogens with zero attached hydrogens (tertiary/aromatic N) is 4. The van der Waals surface area contributed by atoms with Gasteiger partial charge in [-0.1, -0.05) is 18.2 Å². The van der Waals surface area contributed by atoms with E-state index in [-0.39, 0.29) is 11.9 Å². The van der Waals surface area contributed by atoms with Crippen molar-refractivity contribution in [2.45, 2.75) is 45.9 Å². The lowest BCUT2D eigenvalue weighted by Gasteiger charge is -2.31. The molecule has 0 unspecified atom stereocenters. The Balaban J connectivity index is 1.69. The molecule has 34 heavy (non-hydrogen) atoms. The standard InChI is InChI=1S/C26H30N4O4/c1-18-16-29(22-10-7-6-9-19(22)17-28(18)25(32)34-26(2,3)4)24(31)21-12-11-20(15-23(21)33-5)30-14-8-13-27-30/h6-15,18H,16-17H2,1-5H3/t18-/m1/s1. The average Bonchev–Trinajstić information content (AvgIpc) is 3.29. The third-order valence-electron chi connectivity index (χ3n) is 5.66. The number of ether oxygens (including phenoxy) is 2. The van der Waals surface area contributed by atoms with Crippen molar-refractivity contribution in [1.82, 2.24) is 14.7 Å². The minimum atomic E-state index is -0.609. The highest BCUT2D eigenvalue weighted by molar-refractivity contribution is 6.08. The fraction of sp³-hybridized carbons (Fsp3) is 0.346. The topological polar surface area (TPSA) is 76.9 Å². The molecule has 8 nitrogen and oxygen atoms in total. The normalized spacial score (nSPS) is 16.0. The van der Waals surface area contributed by atoms with Gasteiger partial charge in [0.15, 0.2) is 0 Å². The number of methoxy groups -OCH3 is 1. The smallest absolute Gasteiger partial charge is 0.410 e. The third kappa shape index (κ3) is 4.76. The van der Waals surface area contributed by atoms with Gasteiger partial charge in [-0.05, 0) is 57.5 Å². The van der Waals surface area contributed by atoms with Crippen molar-refractivity contribution >= 4 is 17.7 Å². The van der Waals surface area contributed by atoms with Crippen molar-refractivity contribution in [2.24, 2.45) is 0 Å². The molecule has 1 aliphatic rings. The summed E-state index contributed by atoms with van der Waals surface area (Å²) in [6.07, 6.45) is 3.12. The molecule has 2 aromatic carbocycles. The van der Waals surface area contributed by atoms with E-state index < -0.39 is 11.7 Å². The molecular weight excluding hydrogens is 432 g/mol. The van der Waals surface area contributed by atoms with Gasteiger partial charge in [0.25, 0.3) is 5.91 Å². The van der Waals surface area contributed by atoms with E-state index in [0.717, 1.165) is 16.9 Å². The fourth-order valence-corrected chi connectivity index (χ4v) is 4.03. The van der Waals surface area contributed by atoms with E-state index in [1.54, 1.807) is 39.9 Å². The number of carbonyl (C=O) groups is 2. The predicted octanol–water partition coefficient (Wildman–Crippen LogP) is 4.67. The zero-order valence-corrected chi connectivity index (χ0v) is 20.2. The molecule has 0 fully saturated rings. The molecule has 3 aromatic rings. The van der Waals surface area contributed by atoms with Gasteiger partial charge in [-0.25, -0.2) is 9.48 Å². The monoisotopic (exact) mass is 462 g/mol. The molecule has 2 amide bonds. The minimum absolute atomic E-state index is 0.200. The Morgan fingerprint density at radius 2 is 1.85 bits per heavy atom. The number of fused-ring (bicyclic) bond motifs is 1. The number of benzene rings is 2. The second-order valence-corrected chi connectivity index (χ2v) is 9.34. The molecule has 0 bridgehead atoms.